The second kappa shape index (κ2) is 21.1. The molecule has 0 unspecified atom stereocenters. The first kappa shape index (κ1) is 51.9. The zero-order valence-electron chi connectivity index (χ0n) is 45.8. The molecule has 1 N–H and O–H groups in total. The summed E-state index contributed by atoms with van der Waals surface area (Å²) >= 11 is 0. The minimum Gasteiger partial charge on any atom is -0.400 e. The maximum absolute atomic E-state index is 7.00. The van der Waals surface area contributed by atoms with Crippen molar-refractivity contribution in [1.82, 2.24) is 0 Å². The standard InChI is InChI=1S/C71H68N2.CH4O/c1-12-18-48(2)49-27-36-57(37-28-49)72(59-40-31-54(32-41-59)69(3,4)5)67-47-66-64-45-56(71(9,10)11)35-44-63(64)68(46-65(66)61-21-16-17-22-62(61)67)73(60-42-33-55(34-43-60)70(6,7)8)58-38-29-53(30-39-58)52-25-23-51(24-26-52)50-19-14-13-15-20-50;1-2/h12-47H,2H2,1,3-11H3;2H,1H3/b18-12-;. The molecule has 0 radical (unpaired) electrons. The Balaban J connectivity index is 0.00000340. The highest BCUT2D eigenvalue weighted by molar-refractivity contribution is 6.24. The molecule has 3 nitrogen and oxygen atoms in total. The summed E-state index contributed by atoms with van der Waals surface area (Å²) in [6.07, 6.45) is 4.12. The summed E-state index contributed by atoms with van der Waals surface area (Å²) in [4.78, 5) is 4.92. The highest BCUT2D eigenvalue weighted by Gasteiger charge is 2.25. The van der Waals surface area contributed by atoms with Crippen LogP contribution in [0.3, 0.4) is 0 Å². The second-order valence-electron chi connectivity index (χ2n) is 22.8. The molecule has 0 bridgehead atoms. The van der Waals surface area contributed by atoms with Crippen molar-refractivity contribution >= 4 is 72.0 Å². The largest absolute Gasteiger partial charge is 0.400 e. The van der Waals surface area contributed by atoms with Crippen LogP contribution in [0.2, 0.25) is 0 Å². The van der Waals surface area contributed by atoms with E-state index < -0.39 is 0 Å². The molecular formula is C72H72N2O. The van der Waals surface area contributed by atoms with Crippen molar-refractivity contribution in [3.63, 3.8) is 0 Å². The van der Waals surface area contributed by atoms with E-state index in [1.165, 1.54) is 71.3 Å². The van der Waals surface area contributed by atoms with Crippen molar-refractivity contribution < 1.29 is 5.11 Å². The Morgan fingerprint density at radius 2 is 0.693 bits per heavy atom. The van der Waals surface area contributed by atoms with Gasteiger partial charge in [0.15, 0.2) is 0 Å². The molecule has 10 aromatic carbocycles. The van der Waals surface area contributed by atoms with Crippen molar-refractivity contribution in [3.8, 4) is 22.3 Å². The molecule has 0 aliphatic carbocycles. The highest BCUT2D eigenvalue weighted by Crippen LogP contribution is 2.49. The van der Waals surface area contributed by atoms with Gasteiger partial charge in [-0.2, -0.15) is 0 Å². The molecule has 0 aliphatic rings. The van der Waals surface area contributed by atoms with E-state index in [0.29, 0.717) is 0 Å². The first-order chi connectivity index (χ1) is 36.0. The first-order valence-electron chi connectivity index (χ1n) is 26.3. The number of fused-ring (bicyclic) bond motifs is 5. The van der Waals surface area contributed by atoms with Crippen LogP contribution in [0.15, 0.2) is 225 Å². The third-order valence-corrected chi connectivity index (χ3v) is 14.6. The summed E-state index contributed by atoms with van der Waals surface area (Å²) in [5, 5.41) is 14.2. The van der Waals surface area contributed by atoms with Crippen LogP contribution in [-0.2, 0) is 16.2 Å². The number of benzene rings is 10. The molecule has 0 saturated carbocycles. The lowest BCUT2D eigenvalue weighted by Gasteiger charge is -2.31. The summed E-state index contributed by atoms with van der Waals surface area (Å²) in [6.45, 7) is 27.0. The van der Waals surface area contributed by atoms with Crippen molar-refractivity contribution in [2.45, 2.75) is 85.5 Å². The van der Waals surface area contributed by atoms with E-state index in [4.69, 9.17) is 5.11 Å². The van der Waals surface area contributed by atoms with E-state index in [2.05, 4.69) is 291 Å². The number of anilines is 6. The minimum atomic E-state index is -0.0760. The van der Waals surface area contributed by atoms with Gasteiger partial charge in [-0.15, -0.1) is 0 Å². The molecule has 0 fully saturated rings. The van der Waals surface area contributed by atoms with Crippen LogP contribution in [0.5, 0.6) is 0 Å². The van der Waals surface area contributed by atoms with Crippen LogP contribution < -0.4 is 9.80 Å². The SMILES string of the molecule is C=C(/C=C\C)c1ccc(N(c2ccc(C(C)(C)C)cc2)c2cc3c4cc(C(C)(C)C)ccc4c(N(c4ccc(-c5ccc(-c6ccccc6)cc5)cc4)c4ccc(C(C)(C)C)cc4)cc3c3ccccc23)cc1.CO. The molecule has 0 atom stereocenters. The molecule has 3 heteroatoms. The smallest absolute Gasteiger partial charge is 0.0546 e. The molecule has 0 aliphatic heterocycles. The quantitative estimate of drug-likeness (QED) is 0.109. The van der Waals surface area contributed by atoms with Gasteiger partial charge in [0.1, 0.15) is 0 Å². The van der Waals surface area contributed by atoms with Gasteiger partial charge in [0.05, 0.1) is 11.4 Å². The third-order valence-electron chi connectivity index (χ3n) is 14.6. The Morgan fingerprint density at radius 3 is 1.13 bits per heavy atom. The summed E-state index contributed by atoms with van der Waals surface area (Å²) in [6, 6.07) is 77.0. The van der Waals surface area contributed by atoms with E-state index in [0.717, 1.165) is 52.4 Å². The van der Waals surface area contributed by atoms with E-state index in [9.17, 15) is 0 Å². The molecule has 0 aromatic heterocycles. The van der Waals surface area contributed by atoms with E-state index in [1.807, 2.05) is 13.0 Å². The zero-order chi connectivity index (χ0) is 53.2. The maximum Gasteiger partial charge on any atom is 0.0546 e. The van der Waals surface area contributed by atoms with Gasteiger partial charge in [0, 0.05) is 40.6 Å². The highest BCUT2D eigenvalue weighted by atomic mass is 16.2. The van der Waals surface area contributed by atoms with Crippen LogP contribution in [0.25, 0.3) is 60.1 Å². The minimum absolute atomic E-state index is 0.0161. The molecular weight excluding hydrogens is 909 g/mol. The predicted octanol–water partition coefficient (Wildman–Crippen LogP) is 20.5. The fraction of sp³-hybridized carbons (Fsp3) is 0.194. The van der Waals surface area contributed by atoms with Gasteiger partial charge < -0.3 is 14.9 Å². The number of nitrogens with zero attached hydrogens (tertiary/aromatic N) is 2. The number of hydrogen-bond acceptors (Lipinski definition) is 3. The molecule has 0 spiro atoms. The van der Waals surface area contributed by atoms with Crippen LogP contribution in [0.4, 0.5) is 34.1 Å². The van der Waals surface area contributed by atoms with Crippen LogP contribution in [0, 0.1) is 0 Å². The lowest BCUT2D eigenvalue weighted by molar-refractivity contribution is 0.399. The topological polar surface area (TPSA) is 26.7 Å². The van der Waals surface area contributed by atoms with Gasteiger partial charge in [-0.1, -0.05) is 221 Å². The predicted molar refractivity (Wildman–Crippen MR) is 327 cm³/mol. The fourth-order valence-corrected chi connectivity index (χ4v) is 10.3. The van der Waals surface area contributed by atoms with E-state index in [-0.39, 0.29) is 16.2 Å². The summed E-state index contributed by atoms with van der Waals surface area (Å²) in [7, 11) is 1.00. The molecule has 75 heavy (non-hydrogen) atoms. The maximum atomic E-state index is 7.00. The monoisotopic (exact) mass is 981 g/mol. The van der Waals surface area contributed by atoms with Gasteiger partial charge in [-0.05, 0) is 162 Å². The van der Waals surface area contributed by atoms with Gasteiger partial charge in [-0.25, -0.2) is 0 Å². The van der Waals surface area contributed by atoms with E-state index in [1.54, 1.807) is 0 Å². The Bertz CT molecular complexity index is 3640. The third kappa shape index (κ3) is 10.7. The van der Waals surface area contributed by atoms with Gasteiger partial charge in [-0.3, -0.25) is 0 Å². The average Bonchev–Trinajstić information content (AvgIpc) is 3.42. The summed E-state index contributed by atoms with van der Waals surface area (Å²) in [5.41, 5.74) is 17.4. The van der Waals surface area contributed by atoms with Gasteiger partial charge >= 0.3 is 0 Å². The molecule has 0 amide bonds. The van der Waals surface area contributed by atoms with Crippen LogP contribution >= 0.6 is 0 Å². The number of hydrogen-bond donors (Lipinski definition) is 1. The van der Waals surface area contributed by atoms with Crippen molar-refractivity contribution in [2.24, 2.45) is 0 Å². The number of allylic oxidation sites excluding steroid dienone is 3. The Morgan fingerprint density at radius 1 is 0.360 bits per heavy atom. The second-order valence-corrected chi connectivity index (χ2v) is 22.8. The molecule has 10 rings (SSSR count). The molecule has 376 valence electrons. The van der Waals surface area contributed by atoms with Crippen molar-refractivity contribution in [1.29, 1.82) is 0 Å². The number of aliphatic hydroxyl groups excluding tert-OH is 1. The van der Waals surface area contributed by atoms with Crippen molar-refractivity contribution in [3.05, 3.63) is 247 Å². The first-order valence-corrected chi connectivity index (χ1v) is 26.3. The number of rotatable bonds is 10. The molecule has 0 heterocycles. The Kier molecular flexibility index (Phi) is 14.6. The fourth-order valence-electron chi connectivity index (χ4n) is 10.3. The van der Waals surface area contributed by atoms with Gasteiger partial charge in [0.2, 0.25) is 0 Å². The van der Waals surface area contributed by atoms with Gasteiger partial charge in [0.25, 0.3) is 0 Å². The summed E-state index contributed by atoms with van der Waals surface area (Å²) < 4.78 is 0. The van der Waals surface area contributed by atoms with Crippen LogP contribution in [0.1, 0.15) is 91.5 Å². The molecule has 0 saturated heterocycles. The average molecular weight is 981 g/mol. The Hall–Kier alpha value is -7.98. The number of aliphatic hydroxyl groups is 1. The zero-order valence-corrected chi connectivity index (χ0v) is 45.8. The normalized spacial score (nSPS) is 12.0. The molecule has 10 aromatic rings. The Labute approximate surface area is 446 Å². The lowest BCUT2D eigenvalue weighted by Crippen LogP contribution is -2.14. The van der Waals surface area contributed by atoms with Crippen LogP contribution in [-0.4, -0.2) is 12.2 Å². The summed E-state index contributed by atoms with van der Waals surface area (Å²) in [5.74, 6) is 0. The van der Waals surface area contributed by atoms with Crippen molar-refractivity contribution in [2.75, 3.05) is 16.9 Å². The lowest BCUT2D eigenvalue weighted by atomic mass is 9.84. The van der Waals surface area contributed by atoms with E-state index >= 15 is 0 Å².